The molecule has 74 valence electrons. The molecule has 14 heavy (non-hydrogen) atoms. The normalized spacial score (nSPS) is 11.1. The molecule has 2 aromatic rings. The molecule has 0 aliphatic carbocycles. The predicted molar refractivity (Wildman–Crippen MR) is 73.5 cm³/mol. The summed E-state index contributed by atoms with van der Waals surface area (Å²) in [7, 11) is 0. The van der Waals surface area contributed by atoms with E-state index in [0.29, 0.717) is 0 Å². The van der Waals surface area contributed by atoms with Gasteiger partial charge < -0.3 is 0 Å². The van der Waals surface area contributed by atoms with E-state index in [2.05, 4.69) is 52.3 Å². The van der Waals surface area contributed by atoms with E-state index in [4.69, 9.17) is 0 Å². The van der Waals surface area contributed by atoms with Crippen LogP contribution < -0.4 is 0 Å². The molecule has 1 heterocycles. The van der Waals surface area contributed by atoms with Gasteiger partial charge in [-0.3, -0.25) is 0 Å². The van der Waals surface area contributed by atoms with Gasteiger partial charge in [0.2, 0.25) is 0 Å². The second kappa shape index (κ2) is 4.47. The standard InChI is InChI=1S/C10H9BrS3/c1-13-8-4-6(5-11)9(12)10-7(8)2-3-14-10/h2-4,12H,5H2,1H3. The van der Waals surface area contributed by atoms with Crippen LogP contribution in [0.25, 0.3) is 10.1 Å². The molecule has 0 fully saturated rings. The maximum Gasteiger partial charge on any atom is 0.0490 e. The van der Waals surface area contributed by atoms with Gasteiger partial charge in [0.25, 0.3) is 0 Å². The van der Waals surface area contributed by atoms with Crippen molar-refractivity contribution in [2.75, 3.05) is 6.26 Å². The van der Waals surface area contributed by atoms with E-state index in [1.165, 1.54) is 20.5 Å². The average molecular weight is 305 g/mol. The molecule has 4 heteroatoms. The van der Waals surface area contributed by atoms with Crippen molar-refractivity contribution < 1.29 is 0 Å². The molecule has 0 nitrogen and oxygen atoms in total. The fraction of sp³-hybridized carbons (Fsp3) is 0.200. The van der Waals surface area contributed by atoms with E-state index in [-0.39, 0.29) is 0 Å². The number of benzene rings is 1. The molecule has 0 amide bonds. The van der Waals surface area contributed by atoms with E-state index >= 15 is 0 Å². The number of rotatable bonds is 2. The molecule has 0 saturated heterocycles. The highest BCUT2D eigenvalue weighted by Crippen LogP contribution is 2.37. The van der Waals surface area contributed by atoms with E-state index in [9.17, 15) is 0 Å². The first-order valence-electron chi connectivity index (χ1n) is 4.10. The Bertz CT molecular complexity index is 462. The van der Waals surface area contributed by atoms with Crippen LogP contribution in [-0.4, -0.2) is 6.26 Å². The Labute approximate surface area is 106 Å². The van der Waals surface area contributed by atoms with Crippen molar-refractivity contribution in [3.63, 3.8) is 0 Å². The molecule has 1 aromatic carbocycles. The lowest BCUT2D eigenvalue weighted by atomic mass is 10.2. The maximum absolute atomic E-state index is 4.57. The van der Waals surface area contributed by atoms with Gasteiger partial charge in [0.1, 0.15) is 0 Å². The smallest absolute Gasteiger partial charge is 0.0490 e. The molecular weight excluding hydrogens is 296 g/mol. The molecule has 0 spiro atoms. The highest BCUT2D eigenvalue weighted by Gasteiger charge is 2.09. The molecule has 0 unspecified atom stereocenters. The van der Waals surface area contributed by atoms with Gasteiger partial charge in [-0.2, -0.15) is 0 Å². The largest absolute Gasteiger partial charge is 0.143 e. The van der Waals surface area contributed by atoms with Crippen molar-refractivity contribution >= 4 is 61.7 Å². The molecule has 0 aliphatic heterocycles. The lowest BCUT2D eigenvalue weighted by molar-refractivity contribution is 1.30. The van der Waals surface area contributed by atoms with E-state index < -0.39 is 0 Å². The van der Waals surface area contributed by atoms with Crippen LogP contribution in [-0.2, 0) is 5.33 Å². The Morgan fingerprint density at radius 1 is 1.57 bits per heavy atom. The van der Waals surface area contributed by atoms with E-state index in [0.717, 1.165) is 10.2 Å². The highest BCUT2D eigenvalue weighted by molar-refractivity contribution is 9.08. The minimum atomic E-state index is 0.868. The summed E-state index contributed by atoms with van der Waals surface area (Å²) in [6.45, 7) is 0. The Morgan fingerprint density at radius 3 is 3.00 bits per heavy atom. The van der Waals surface area contributed by atoms with Gasteiger partial charge in [-0.1, -0.05) is 15.9 Å². The fourth-order valence-electron chi connectivity index (χ4n) is 1.41. The number of alkyl halides is 1. The zero-order valence-electron chi connectivity index (χ0n) is 7.58. The number of thioether (sulfide) groups is 1. The zero-order valence-corrected chi connectivity index (χ0v) is 11.7. The summed E-state index contributed by atoms with van der Waals surface area (Å²) in [5.41, 5.74) is 1.27. The van der Waals surface area contributed by atoms with Crippen LogP contribution in [0.2, 0.25) is 0 Å². The number of fused-ring (bicyclic) bond motifs is 1. The molecule has 0 atom stereocenters. The van der Waals surface area contributed by atoms with E-state index in [1.807, 2.05) is 0 Å². The molecule has 0 N–H and O–H groups in total. The summed E-state index contributed by atoms with van der Waals surface area (Å²) < 4.78 is 1.30. The quantitative estimate of drug-likeness (QED) is 0.472. The SMILES string of the molecule is CSc1cc(CBr)c(S)c2sccc12. The molecule has 2 rings (SSSR count). The van der Waals surface area contributed by atoms with Gasteiger partial charge >= 0.3 is 0 Å². The summed E-state index contributed by atoms with van der Waals surface area (Å²) in [4.78, 5) is 2.46. The van der Waals surface area contributed by atoms with Crippen LogP contribution in [0.1, 0.15) is 5.56 Å². The van der Waals surface area contributed by atoms with Crippen molar-refractivity contribution in [1.29, 1.82) is 0 Å². The van der Waals surface area contributed by atoms with Crippen LogP contribution in [0.4, 0.5) is 0 Å². The number of hydrogen-bond acceptors (Lipinski definition) is 3. The van der Waals surface area contributed by atoms with Crippen molar-refractivity contribution in [2.24, 2.45) is 0 Å². The monoisotopic (exact) mass is 304 g/mol. The van der Waals surface area contributed by atoms with Gasteiger partial charge in [0.15, 0.2) is 0 Å². The summed E-state index contributed by atoms with van der Waals surface area (Å²) in [6.07, 6.45) is 2.11. The van der Waals surface area contributed by atoms with Crippen LogP contribution >= 0.6 is 51.7 Å². The lowest BCUT2D eigenvalue weighted by Gasteiger charge is -2.06. The Kier molecular flexibility index (Phi) is 3.47. The molecule has 1 aromatic heterocycles. The fourth-order valence-corrected chi connectivity index (χ4v) is 4.09. The van der Waals surface area contributed by atoms with Crippen molar-refractivity contribution in [1.82, 2.24) is 0 Å². The number of thiophene rings is 1. The molecular formula is C10H9BrS3. The topological polar surface area (TPSA) is 0 Å². The second-order valence-corrected chi connectivity index (χ2v) is 5.66. The summed E-state index contributed by atoms with van der Waals surface area (Å²) in [5.74, 6) is 0. The zero-order chi connectivity index (χ0) is 10.1. The first kappa shape index (κ1) is 10.9. The third kappa shape index (κ3) is 1.73. The number of thiol groups is 1. The van der Waals surface area contributed by atoms with Crippen molar-refractivity contribution in [2.45, 2.75) is 15.1 Å². The second-order valence-electron chi connectivity index (χ2n) is 2.88. The maximum atomic E-state index is 4.57. The minimum Gasteiger partial charge on any atom is -0.143 e. The van der Waals surface area contributed by atoms with Crippen LogP contribution in [0.15, 0.2) is 27.3 Å². The van der Waals surface area contributed by atoms with Crippen LogP contribution in [0.5, 0.6) is 0 Å². The number of hydrogen-bond donors (Lipinski definition) is 1. The third-order valence-corrected chi connectivity index (χ3v) is 5.09. The number of halogens is 1. The first-order valence-corrected chi connectivity index (χ1v) is 7.77. The Balaban J connectivity index is 2.80. The average Bonchev–Trinajstić information content (AvgIpc) is 2.68. The van der Waals surface area contributed by atoms with Gasteiger partial charge in [-0.25, -0.2) is 0 Å². The molecule has 0 radical (unpaired) electrons. The highest BCUT2D eigenvalue weighted by atomic mass is 79.9. The van der Waals surface area contributed by atoms with Gasteiger partial charge in [0, 0.05) is 25.2 Å². The van der Waals surface area contributed by atoms with Crippen molar-refractivity contribution in [3.8, 4) is 0 Å². The Hall–Kier alpha value is 0.360. The van der Waals surface area contributed by atoms with Gasteiger partial charge in [-0.15, -0.1) is 35.7 Å². The predicted octanol–water partition coefficient (Wildman–Crippen LogP) is 4.81. The third-order valence-electron chi connectivity index (χ3n) is 2.12. The van der Waals surface area contributed by atoms with E-state index in [1.54, 1.807) is 23.1 Å². The first-order chi connectivity index (χ1) is 6.77. The lowest BCUT2D eigenvalue weighted by Crippen LogP contribution is -1.83. The summed E-state index contributed by atoms with van der Waals surface area (Å²) >= 11 is 11.6. The summed E-state index contributed by atoms with van der Waals surface area (Å²) in [5, 5.41) is 4.33. The van der Waals surface area contributed by atoms with Gasteiger partial charge in [-0.05, 0) is 29.3 Å². The molecule has 0 bridgehead atoms. The molecule has 0 aliphatic rings. The Morgan fingerprint density at radius 2 is 2.36 bits per heavy atom. The molecule has 0 saturated carbocycles. The minimum absolute atomic E-state index is 0.868. The van der Waals surface area contributed by atoms with Crippen LogP contribution in [0, 0.1) is 0 Å². The van der Waals surface area contributed by atoms with Gasteiger partial charge in [0.05, 0.1) is 0 Å². The van der Waals surface area contributed by atoms with Crippen molar-refractivity contribution in [3.05, 3.63) is 23.1 Å². The summed E-state index contributed by atoms with van der Waals surface area (Å²) in [6, 6.07) is 4.39. The van der Waals surface area contributed by atoms with Crippen LogP contribution in [0.3, 0.4) is 0 Å².